The number of nitrogens with zero attached hydrogens (tertiary/aromatic N) is 1. The molecule has 0 bridgehead atoms. The second-order valence-electron chi connectivity index (χ2n) is 5.75. The third-order valence-corrected chi connectivity index (χ3v) is 6.66. The molecule has 0 amide bonds. The van der Waals surface area contributed by atoms with Crippen LogP contribution in [0.3, 0.4) is 0 Å². The predicted molar refractivity (Wildman–Crippen MR) is 96.7 cm³/mol. The van der Waals surface area contributed by atoms with Crippen molar-refractivity contribution in [3.63, 3.8) is 0 Å². The molecule has 5 nitrogen and oxygen atoms in total. The maximum atomic E-state index is 13.0. The molecule has 2 heterocycles. The number of sulfone groups is 1. The van der Waals surface area contributed by atoms with Crippen molar-refractivity contribution in [3.8, 4) is 11.7 Å². The van der Waals surface area contributed by atoms with Gasteiger partial charge in [0.15, 0.2) is 5.76 Å². The summed E-state index contributed by atoms with van der Waals surface area (Å²) >= 11 is 7.17. The molecule has 25 heavy (non-hydrogen) atoms. The summed E-state index contributed by atoms with van der Waals surface area (Å²) in [6.45, 7) is 4.09. The molecule has 0 N–H and O–H groups in total. The fourth-order valence-corrected chi connectivity index (χ4v) is 4.63. The maximum absolute atomic E-state index is 13.0. The smallest absolute Gasteiger partial charge is 0.265 e. The fourth-order valence-electron chi connectivity index (χ4n) is 2.03. The van der Waals surface area contributed by atoms with Gasteiger partial charge < -0.3 is 8.83 Å². The van der Waals surface area contributed by atoms with Gasteiger partial charge in [-0.15, -0.1) is 0 Å². The lowest BCUT2D eigenvalue weighted by molar-refractivity contribution is 0.450. The first-order valence-electron chi connectivity index (χ1n) is 7.56. The number of hydrogen-bond donors (Lipinski definition) is 0. The Hall–Kier alpha value is -1.70. The Bertz CT molecular complexity index is 945. The van der Waals surface area contributed by atoms with Gasteiger partial charge >= 0.3 is 0 Å². The Kier molecular flexibility index (Phi) is 5.27. The normalized spacial score (nSPS) is 12.0. The molecule has 0 spiro atoms. The Morgan fingerprint density at radius 2 is 1.92 bits per heavy atom. The van der Waals surface area contributed by atoms with Crippen LogP contribution in [0, 0.1) is 5.92 Å². The Balaban J connectivity index is 2.07. The minimum absolute atomic E-state index is 0.105. The summed E-state index contributed by atoms with van der Waals surface area (Å²) in [7, 11) is -3.83. The molecule has 0 radical (unpaired) electrons. The second kappa shape index (κ2) is 7.27. The standard InChI is InChI=1S/C17H16ClNO4S2/c1-11(2)10-24-17-16(19-15(23-17)14-4-3-9-22-14)25(20,21)13-7-5-12(18)6-8-13/h3-9,11H,10H2,1-2H3. The summed E-state index contributed by atoms with van der Waals surface area (Å²) in [6.07, 6.45) is 1.48. The van der Waals surface area contributed by atoms with E-state index < -0.39 is 9.84 Å². The largest absolute Gasteiger partial charge is 0.459 e. The number of hydrogen-bond acceptors (Lipinski definition) is 6. The van der Waals surface area contributed by atoms with E-state index in [-0.39, 0.29) is 20.9 Å². The molecule has 0 saturated carbocycles. The van der Waals surface area contributed by atoms with Crippen molar-refractivity contribution in [2.24, 2.45) is 5.92 Å². The first kappa shape index (κ1) is 18.1. The van der Waals surface area contributed by atoms with Gasteiger partial charge in [-0.2, -0.15) is 4.98 Å². The molecule has 0 unspecified atom stereocenters. The van der Waals surface area contributed by atoms with E-state index in [4.69, 9.17) is 20.4 Å². The topological polar surface area (TPSA) is 73.3 Å². The van der Waals surface area contributed by atoms with Crippen LogP contribution in [0.5, 0.6) is 0 Å². The van der Waals surface area contributed by atoms with Crippen molar-refractivity contribution in [2.75, 3.05) is 5.75 Å². The fraction of sp³-hybridized carbons (Fsp3) is 0.235. The molecule has 0 aliphatic carbocycles. The quantitative estimate of drug-likeness (QED) is 0.534. The number of halogens is 1. The highest BCUT2D eigenvalue weighted by molar-refractivity contribution is 8.00. The van der Waals surface area contributed by atoms with E-state index in [1.54, 1.807) is 12.1 Å². The molecular weight excluding hydrogens is 382 g/mol. The Labute approximate surface area is 155 Å². The molecule has 0 aliphatic heterocycles. The zero-order chi connectivity index (χ0) is 18.0. The number of oxazole rings is 1. The zero-order valence-electron chi connectivity index (χ0n) is 13.6. The van der Waals surface area contributed by atoms with E-state index in [1.807, 2.05) is 13.8 Å². The molecular formula is C17H16ClNO4S2. The zero-order valence-corrected chi connectivity index (χ0v) is 16.0. The Morgan fingerprint density at radius 3 is 2.52 bits per heavy atom. The Morgan fingerprint density at radius 1 is 1.20 bits per heavy atom. The molecule has 0 saturated heterocycles. The van der Waals surface area contributed by atoms with E-state index in [0.29, 0.717) is 22.5 Å². The molecule has 1 aromatic carbocycles. The molecule has 0 aliphatic rings. The van der Waals surface area contributed by atoms with E-state index in [9.17, 15) is 8.42 Å². The number of benzene rings is 1. The van der Waals surface area contributed by atoms with Gasteiger partial charge in [0, 0.05) is 10.8 Å². The maximum Gasteiger partial charge on any atom is 0.265 e. The van der Waals surface area contributed by atoms with Crippen LogP contribution in [-0.2, 0) is 9.84 Å². The molecule has 3 aromatic rings. The van der Waals surface area contributed by atoms with Crippen molar-refractivity contribution >= 4 is 33.2 Å². The van der Waals surface area contributed by atoms with Crippen LogP contribution in [0.1, 0.15) is 13.8 Å². The summed E-state index contributed by atoms with van der Waals surface area (Å²) in [5, 5.41) is 0.617. The minimum atomic E-state index is -3.83. The summed E-state index contributed by atoms with van der Waals surface area (Å²) in [5.74, 6) is 1.59. The van der Waals surface area contributed by atoms with Crippen molar-refractivity contribution < 1.29 is 17.3 Å². The predicted octanol–water partition coefficient (Wildman–Crippen LogP) is 5.17. The number of aromatic nitrogens is 1. The lowest BCUT2D eigenvalue weighted by Crippen LogP contribution is -2.04. The van der Waals surface area contributed by atoms with Crippen LogP contribution in [0.25, 0.3) is 11.7 Å². The van der Waals surface area contributed by atoms with Crippen LogP contribution in [0.4, 0.5) is 0 Å². The van der Waals surface area contributed by atoms with Crippen molar-refractivity contribution in [3.05, 3.63) is 47.7 Å². The number of rotatable bonds is 6. The third-order valence-electron chi connectivity index (χ3n) is 3.23. The van der Waals surface area contributed by atoms with Gasteiger partial charge in [0.1, 0.15) is 0 Å². The number of thioether (sulfide) groups is 1. The summed E-state index contributed by atoms with van der Waals surface area (Å²) in [5.41, 5.74) is 0. The van der Waals surface area contributed by atoms with Crippen LogP contribution in [0.2, 0.25) is 5.02 Å². The van der Waals surface area contributed by atoms with Crippen LogP contribution in [0.15, 0.2) is 66.5 Å². The van der Waals surface area contributed by atoms with Gasteiger partial charge in [0.05, 0.1) is 11.2 Å². The second-order valence-corrected chi connectivity index (χ2v) is 9.05. The van der Waals surface area contributed by atoms with Crippen molar-refractivity contribution in [1.82, 2.24) is 4.98 Å². The third kappa shape index (κ3) is 3.94. The summed E-state index contributed by atoms with van der Waals surface area (Å²) in [4.78, 5) is 4.31. The monoisotopic (exact) mass is 397 g/mol. The molecule has 8 heteroatoms. The van der Waals surface area contributed by atoms with Gasteiger partial charge in [-0.25, -0.2) is 8.42 Å². The first-order valence-corrected chi connectivity index (χ1v) is 10.4. The lowest BCUT2D eigenvalue weighted by Gasteiger charge is -2.05. The highest BCUT2D eigenvalue weighted by Gasteiger charge is 2.29. The van der Waals surface area contributed by atoms with Crippen LogP contribution < -0.4 is 0 Å². The first-order chi connectivity index (χ1) is 11.9. The molecule has 2 aromatic heterocycles. The van der Waals surface area contributed by atoms with Crippen molar-refractivity contribution in [2.45, 2.75) is 28.9 Å². The van der Waals surface area contributed by atoms with Crippen molar-refractivity contribution in [1.29, 1.82) is 0 Å². The van der Waals surface area contributed by atoms with Gasteiger partial charge in [-0.3, -0.25) is 0 Å². The minimum Gasteiger partial charge on any atom is -0.459 e. The van der Waals surface area contributed by atoms with Gasteiger partial charge in [0.25, 0.3) is 5.89 Å². The van der Waals surface area contributed by atoms with E-state index in [1.165, 1.54) is 42.3 Å². The average molecular weight is 398 g/mol. The highest BCUT2D eigenvalue weighted by atomic mass is 35.5. The molecule has 132 valence electrons. The van der Waals surface area contributed by atoms with Crippen LogP contribution >= 0.6 is 23.4 Å². The SMILES string of the molecule is CC(C)CSc1oc(-c2ccco2)nc1S(=O)(=O)c1ccc(Cl)cc1. The average Bonchev–Trinajstić information content (AvgIpc) is 3.23. The number of furan rings is 1. The molecule has 0 atom stereocenters. The van der Waals surface area contributed by atoms with Gasteiger partial charge in [-0.1, -0.05) is 37.2 Å². The highest BCUT2D eigenvalue weighted by Crippen LogP contribution is 2.35. The van der Waals surface area contributed by atoms with Gasteiger partial charge in [0.2, 0.25) is 20.0 Å². The molecule has 3 rings (SSSR count). The van der Waals surface area contributed by atoms with E-state index in [2.05, 4.69) is 4.98 Å². The van der Waals surface area contributed by atoms with E-state index in [0.717, 1.165) is 0 Å². The van der Waals surface area contributed by atoms with Gasteiger partial charge in [-0.05, 0) is 42.3 Å². The van der Waals surface area contributed by atoms with Crippen LogP contribution in [-0.4, -0.2) is 19.2 Å². The summed E-state index contributed by atoms with van der Waals surface area (Å²) in [6, 6.07) is 9.33. The van der Waals surface area contributed by atoms with E-state index >= 15 is 0 Å². The molecule has 0 fully saturated rings. The summed E-state index contributed by atoms with van der Waals surface area (Å²) < 4.78 is 36.9. The lowest BCUT2D eigenvalue weighted by atomic mass is 10.3.